The number of rotatable bonds is 6. The van der Waals surface area contributed by atoms with E-state index in [4.69, 9.17) is 4.74 Å². The van der Waals surface area contributed by atoms with Crippen molar-refractivity contribution >= 4 is 5.91 Å². The Balaban J connectivity index is 1.18. The number of piperidine rings is 1. The summed E-state index contributed by atoms with van der Waals surface area (Å²) in [5.74, 6) is 0.507. The number of nitrogens with zero attached hydrogens (tertiary/aromatic N) is 3. The first-order valence-electron chi connectivity index (χ1n) is 12.4. The Morgan fingerprint density at radius 2 is 1.79 bits per heavy atom. The predicted molar refractivity (Wildman–Crippen MR) is 129 cm³/mol. The molecule has 6 nitrogen and oxygen atoms in total. The third kappa shape index (κ3) is 5.43. The van der Waals surface area contributed by atoms with Gasteiger partial charge in [0.25, 0.3) is 5.91 Å². The molecule has 1 fully saturated rings. The van der Waals surface area contributed by atoms with Crippen LogP contribution in [0.1, 0.15) is 39.9 Å². The van der Waals surface area contributed by atoms with Crippen LogP contribution in [0.3, 0.4) is 0 Å². The second-order valence-corrected chi connectivity index (χ2v) is 9.79. The van der Waals surface area contributed by atoms with Gasteiger partial charge in [0.2, 0.25) is 0 Å². The highest BCUT2D eigenvalue weighted by molar-refractivity contribution is 5.97. The molecular formula is C27H34FN3O3. The fraction of sp³-hybridized carbons (Fsp3) is 0.519. The average Bonchev–Trinajstić information content (AvgIpc) is 2.99. The summed E-state index contributed by atoms with van der Waals surface area (Å²) in [6, 6.07) is 14.2. The molecule has 182 valence electrons. The molecule has 7 heteroatoms. The number of likely N-dealkylation sites (tertiary alicyclic amines) is 1. The molecule has 0 unspecified atom stereocenters. The minimum Gasteiger partial charge on any atom is -0.491 e. The molecule has 0 aromatic heterocycles. The summed E-state index contributed by atoms with van der Waals surface area (Å²) in [5, 5.41) is 10.8. The van der Waals surface area contributed by atoms with E-state index in [9.17, 15) is 14.3 Å². The average molecular weight is 468 g/mol. The van der Waals surface area contributed by atoms with Crippen LogP contribution in [0, 0.1) is 0 Å². The SMILES string of the molecule is O=C1c2ccc(CN3CCC(F)CC3)cc2OCCN1C[C@H](O)CN1CCc2ccccc2C1. The number of amides is 1. The summed E-state index contributed by atoms with van der Waals surface area (Å²) in [6.07, 6.45) is 0.855. The highest BCUT2D eigenvalue weighted by atomic mass is 19.1. The van der Waals surface area contributed by atoms with Gasteiger partial charge in [-0.05, 0) is 48.1 Å². The molecule has 0 bridgehead atoms. The topological polar surface area (TPSA) is 56.3 Å². The van der Waals surface area contributed by atoms with Crippen molar-refractivity contribution < 1.29 is 19.0 Å². The first kappa shape index (κ1) is 23.3. The Morgan fingerprint density at radius 1 is 1.00 bits per heavy atom. The maximum atomic E-state index is 13.4. The minimum absolute atomic E-state index is 0.0969. The molecule has 3 aliphatic heterocycles. The molecule has 2 aromatic carbocycles. The molecular weight excluding hydrogens is 433 g/mol. The van der Waals surface area contributed by atoms with Gasteiger partial charge in [-0.15, -0.1) is 0 Å². The van der Waals surface area contributed by atoms with Crippen molar-refractivity contribution in [1.29, 1.82) is 0 Å². The van der Waals surface area contributed by atoms with Gasteiger partial charge in [0.1, 0.15) is 18.5 Å². The number of carbonyl (C=O) groups is 1. The van der Waals surface area contributed by atoms with Crippen LogP contribution in [-0.2, 0) is 19.5 Å². The Bertz CT molecular complexity index is 1010. The van der Waals surface area contributed by atoms with Crippen LogP contribution in [0.25, 0.3) is 0 Å². The summed E-state index contributed by atoms with van der Waals surface area (Å²) in [5.41, 5.74) is 4.32. The second-order valence-electron chi connectivity index (χ2n) is 9.79. The summed E-state index contributed by atoms with van der Waals surface area (Å²) in [6.45, 7) is 5.68. The lowest BCUT2D eigenvalue weighted by atomic mass is 10.00. The number of aliphatic hydroxyl groups is 1. The lowest BCUT2D eigenvalue weighted by molar-refractivity contribution is 0.0501. The zero-order valence-corrected chi connectivity index (χ0v) is 19.7. The summed E-state index contributed by atoms with van der Waals surface area (Å²) < 4.78 is 19.4. The second kappa shape index (κ2) is 10.4. The molecule has 1 N–H and O–H groups in total. The van der Waals surface area contributed by atoms with Crippen molar-refractivity contribution in [1.82, 2.24) is 14.7 Å². The lowest BCUT2D eigenvalue weighted by Crippen LogP contribution is -2.44. The molecule has 0 aliphatic carbocycles. The van der Waals surface area contributed by atoms with Crippen LogP contribution in [0.15, 0.2) is 42.5 Å². The van der Waals surface area contributed by atoms with Gasteiger partial charge in [-0.1, -0.05) is 30.3 Å². The van der Waals surface area contributed by atoms with Crippen LogP contribution >= 0.6 is 0 Å². The predicted octanol–water partition coefficient (Wildman–Crippen LogP) is 2.87. The van der Waals surface area contributed by atoms with Crippen molar-refractivity contribution in [3.8, 4) is 5.75 Å². The number of β-amino-alcohol motifs (C(OH)–C–C–N with tert-alkyl or cyclic N) is 1. The van der Waals surface area contributed by atoms with Gasteiger partial charge in [0, 0.05) is 45.8 Å². The van der Waals surface area contributed by atoms with Crippen LogP contribution in [0.2, 0.25) is 0 Å². The van der Waals surface area contributed by atoms with E-state index < -0.39 is 12.3 Å². The Kier molecular flexibility index (Phi) is 7.13. The number of aliphatic hydroxyl groups excluding tert-OH is 1. The molecule has 1 amide bonds. The first-order valence-corrected chi connectivity index (χ1v) is 12.4. The van der Waals surface area contributed by atoms with Gasteiger partial charge >= 0.3 is 0 Å². The fourth-order valence-corrected chi connectivity index (χ4v) is 5.31. The number of ether oxygens (including phenoxy) is 1. The third-order valence-electron chi connectivity index (χ3n) is 7.22. The molecule has 5 rings (SSSR count). The van der Waals surface area contributed by atoms with E-state index in [1.54, 1.807) is 4.90 Å². The Morgan fingerprint density at radius 3 is 2.62 bits per heavy atom. The fourth-order valence-electron chi connectivity index (χ4n) is 5.31. The van der Waals surface area contributed by atoms with Crippen molar-refractivity contribution in [2.75, 3.05) is 45.9 Å². The normalized spacial score (nSPS) is 20.9. The number of carbonyl (C=O) groups excluding carboxylic acids is 1. The molecule has 0 radical (unpaired) electrons. The molecule has 1 saturated heterocycles. The zero-order chi connectivity index (χ0) is 23.5. The van der Waals surface area contributed by atoms with Crippen LogP contribution in [-0.4, -0.2) is 83.9 Å². The quantitative estimate of drug-likeness (QED) is 0.708. The number of benzene rings is 2. The van der Waals surface area contributed by atoms with Crippen molar-refractivity contribution in [2.24, 2.45) is 0 Å². The van der Waals surface area contributed by atoms with Gasteiger partial charge in [-0.2, -0.15) is 0 Å². The largest absolute Gasteiger partial charge is 0.491 e. The van der Waals surface area contributed by atoms with E-state index in [1.165, 1.54) is 11.1 Å². The van der Waals surface area contributed by atoms with Crippen molar-refractivity contribution in [3.05, 3.63) is 64.7 Å². The molecule has 3 heterocycles. The molecule has 0 saturated carbocycles. The monoisotopic (exact) mass is 467 g/mol. The molecule has 1 atom stereocenters. The Labute approximate surface area is 200 Å². The van der Waals surface area contributed by atoms with Crippen LogP contribution in [0.5, 0.6) is 5.75 Å². The molecule has 0 spiro atoms. The number of alkyl halides is 1. The molecule has 2 aromatic rings. The summed E-state index contributed by atoms with van der Waals surface area (Å²) in [4.78, 5) is 19.5. The smallest absolute Gasteiger partial charge is 0.257 e. The van der Waals surface area contributed by atoms with E-state index in [0.29, 0.717) is 50.4 Å². The van der Waals surface area contributed by atoms with E-state index in [0.717, 1.165) is 44.7 Å². The van der Waals surface area contributed by atoms with Gasteiger partial charge < -0.3 is 14.7 Å². The highest BCUT2D eigenvalue weighted by Crippen LogP contribution is 2.26. The van der Waals surface area contributed by atoms with Crippen molar-refractivity contribution in [2.45, 2.75) is 44.6 Å². The number of fused-ring (bicyclic) bond motifs is 2. The van der Waals surface area contributed by atoms with Gasteiger partial charge in [-0.25, -0.2) is 4.39 Å². The number of halogens is 1. The maximum Gasteiger partial charge on any atom is 0.257 e. The number of hydrogen-bond acceptors (Lipinski definition) is 5. The van der Waals surface area contributed by atoms with Crippen LogP contribution < -0.4 is 4.74 Å². The first-order chi connectivity index (χ1) is 16.5. The third-order valence-corrected chi connectivity index (χ3v) is 7.22. The highest BCUT2D eigenvalue weighted by Gasteiger charge is 2.27. The maximum absolute atomic E-state index is 13.4. The van der Waals surface area contributed by atoms with Gasteiger partial charge in [0.05, 0.1) is 18.2 Å². The van der Waals surface area contributed by atoms with Gasteiger partial charge in [0.15, 0.2) is 0 Å². The van der Waals surface area contributed by atoms with E-state index >= 15 is 0 Å². The Hall–Kier alpha value is -2.48. The molecule has 3 aliphatic rings. The van der Waals surface area contributed by atoms with E-state index in [1.807, 2.05) is 18.2 Å². The van der Waals surface area contributed by atoms with E-state index in [-0.39, 0.29) is 5.91 Å². The van der Waals surface area contributed by atoms with E-state index in [2.05, 4.69) is 34.1 Å². The minimum atomic E-state index is -0.684. The van der Waals surface area contributed by atoms with Gasteiger partial charge in [-0.3, -0.25) is 14.6 Å². The lowest BCUT2D eigenvalue weighted by Gasteiger charge is -2.32. The summed E-state index contributed by atoms with van der Waals surface area (Å²) >= 11 is 0. The summed E-state index contributed by atoms with van der Waals surface area (Å²) in [7, 11) is 0. The number of hydrogen-bond donors (Lipinski definition) is 1. The molecule has 34 heavy (non-hydrogen) atoms. The van der Waals surface area contributed by atoms with Crippen molar-refractivity contribution in [3.63, 3.8) is 0 Å². The zero-order valence-electron chi connectivity index (χ0n) is 19.7. The van der Waals surface area contributed by atoms with Crippen LogP contribution in [0.4, 0.5) is 4.39 Å². The standard InChI is InChI=1S/C27H34FN3O3/c28-23-8-11-29(12-9-23)16-20-5-6-25-26(15-20)34-14-13-31(27(25)33)19-24(32)18-30-10-7-21-3-1-2-4-22(21)17-30/h1-6,15,23-24,32H,7-14,16-19H2/t24-/m1/s1.